The molecular weight excluding hydrogens is 314 g/mol. The third kappa shape index (κ3) is 4.21. The minimum absolute atomic E-state index is 0.701. The number of aliphatic imine (C=N–C) groups is 1. The molecular formula is C18H29N7. The summed E-state index contributed by atoms with van der Waals surface area (Å²) in [6, 6.07) is 2.75. The molecule has 2 N–H and O–H groups in total. The van der Waals surface area contributed by atoms with E-state index in [-0.39, 0.29) is 0 Å². The van der Waals surface area contributed by atoms with Gasteiger partial charge in [0.05, 0.1) is 0 Å². The van der Waals surface area contributed by atoms with Crippen molar-refractivity contribution in [3.63, 3.8) is 0 Å². The number of nitrogens with two attached hydrogens (primary N) is 1. The summed E-state index contributed by atoms with van der Waals surface area (Å²) in [5.41, 5.74) is 6.25. The predicted molar refractivity (Wildman–Crippen MR) is 99.6 cm³/mol. The van der Waals surface area contributed by atoms with E-state index in [0.717, 1.165) is 44.7 Å². The lowest BCUT2D eigenvalue weighted by atomic mass is 9.97. The van der Waals surface area contributed by atoms with Crippen LogP contribution >= 0.6 is 0 Å². The van der Waals surface area contributed by atoms with Crippen LogP contribution in [0.25, 0.3) is 0 Å². The van der Waals surface area contributed by atoms with Gasteiger partial charge in [-0.2, -0.15) is 0 Å². The lowest BCUT2D eigenvalue weighted by molar-refractivity contribution is 0.179. The van der Waals surface area contributed by atoms with Gasteiger partial charge >= 0.3 is 0 Å². The van der Waals surface area contributed by atoms with Gasteiger partial charge in [0.1, 0.15) is 0 Å². The molecule has 0 aromatic carbocycles. The van der Waals surface area contributed by atoms with Crippen molar-refractivity contribution in [2.24, 2.45) is 16.6 Å². The average Bonchev–Trinajstić information content (AvgIpc) is 3.53. The Bertz CT molecular complexity index is 570. The van der Waals surface area contributed by atoms with E-state index in [9.17, 15) is 0 Å². The lowest BCUT2D eigenvalue weighted by Gasteiger charge is -2.35. The molecule has 3 aliphatic rings. The number of hydrogen-bond acceptors (Lipinski definition) is 5. The fourth-order valence-electron chi connectivity index (χ4n) is 3.85. The Balaban J connectivity index is 1.22. The van der Waals surface area contributed by atoms with E-state index in [4.69, 9.17) is 10.7 Å². The van der Waals surface area contributed by atoms with Crippen molar-refractivity contribution in [3.8, 4) is 0 Å². The number of rotatable bonds is 4. The van der Waals surface area contributed by atoms with Crippen LogP contribution in [-0.2, 0) is 0 Å². The maximum atomic E-state index is 6.25. The first-order chi connectivity index (χ1) is 12.3. The van der Waals surface area contributed by atoms with Crippen LogP contribution in [0, 0.1) is 5.92 Å². The van der Waals surface area contributed by atoms with Gasteiger partial charge in [-0.15, -0.1) is 0 Å². The van der Waals surface area contributed by atoms with E-state index >= 15 is 0 Å². The van der Waals surface area contributed by atoms with Crippen molar-refractivity contribution < 1.29 is 0 Å². The molecule has 136 valence electrons. The minimum atomic E-state index is 0.701. The number of guanidine groups is 1. The Morgan fingerprint density at radius 2 is 1.68 bits per heavy atom. The highest BCUT2D eigenvalue weighted by molar-refractivity contribution is 5.78. The molecule has 25 heavy (non-hydrogen) atoms. The third-order valence-electron chi connectivity index (χ3n) is 5.66. The smallest absolute Gasteiger partial charge is 0.225 e. The first kappa shape index (κ1) is 16.6. The van der Waals surface area contributed by atoms with Crippen LogP contribution in [0.5, 0.6) is 0 Å². The number of nitrogens with zero attached hydrogens (tertiary/aromatic N) is 6. The normalized spacial score (nSPS) is 23.9. The quantitative estimate of drug-likeness (QED) is 0.644. The Morgan fingerprint density at radius 3 is 2.32 bits per heavy atom. The van der Waals surface area contributed by atoms with Crippen LogP contribution < -0.4 is 10.6 Å². The van der Waals surface area contributed by atoms with E-state index in [0.29, 0.717) is 11.9 Å². The Kier molecular flexibility index (Phi) is 5.01. The van der Waals surface area contributed by atoms with E-state index in [1.165, 1.54) is 38.8 Å². The number of aromatic nitrogens is 2. The Hall–Kier alpha value is -1.89. The van der Waals surface area contributed by atoms with Crippen LogP contribution in [0.3, 0.4) is 0 Å². The number of anilines is 1. The highest BCUT2D eigenvalue weighted by atomic mass is 15.4. The maximum Gasteiger partial charge on any atom is 0.225 e. The molecule has 1 aromatic heterocycles. The largest absolute Gasteiger partial charge is 0.370 e. The number of piperidine rings is 1. The predicted octanol–water partition coefficient (Wildman–Crippen LogP) is 0.788. The molecule has 3 heterocycles. The molecule has 7 heteroatoms. The van der Waals surface area contributed by atoms with Crippen LogP contribution in [0.1, 0.15) is 25.7 Å². The Labute approximate surface area is 149 Å². The highest BCUT2D eigenvalue weighted by Crippen LogP contribution is 2.30. The van der Waals surface area contributed by atoms with Gasteiger partial charge in [0, 0.05) is 51.2 Å². The van der Waals surface area contributed by atoms with Crippen molar-refractivity contribution in [2.75, 3.05) is 50.7 Å². The molecule has 7 nitrogen and oxygen atoms in total. The second-order valence-electron chi connectivity index (χ2n) is 7.43. The van der Waals surface area contributed by atoms with Gasteiger partial charge < -0.3 is 20.4 Å². The highest BCUT2D eigenvalue weighted by Gasteiger charge is 2.31. The lowest BCUT2D eigenvalue weighted by Crippen LogP contribution is -2.51. The van der Waals surface area contributed by atoms with E-state index < -0.39 is 0 Å². The molecule has 2 saturated heterocycles. The van der Waals surface area contributed by atoms with E-state index in [1.807, 2.05) is 6.07 Å². The molecule has 1 aromatic rings. The summed E-state index contributed by atoms with van der Waals surface area (Å²) in [7, 11) is 0. The molecule has 4 rings (SSSR count). The summed E-state index contributed by atoms with van der Waals surface area (Å²) in [4.78, 5) is 20.4. The van der Waals surface area contributed by atoms with Gasteiger partial charge in [-0.1, -0.05) is 0 Å². The van der Waals surface area contributed by atoms with Crippen molar-refractivity contribution in [1.82, 2.24) is 19.8 Å². The SMILES string of the molecule is NC(=NCC1CCN(C2CC2)CC1)N1CCN(c2ncccn2)CC1. The van der Waals surface area contributed by atoms with Gasteiger partial charge in [-0.3, -0.25) is 4.99 Å². The number of piperazine rings is 1. The summed E-state index contributed by atoms with van der Waals surface area (Å²) in [5, 5.41) is 0. The minimum Gasteiger partial charge on any atom is -0.370 e. The van der Waals surface area contributed by atoms with Crippen molar-refractivity contribution in [3.05, 3.63) is 18.5 Å². The fourth-order valence-corrected chi connectivity index (χ4v) is 3.85. The summed E-state index contributed by atoms with van der Waals surface area (Å²) < 4.78 is 0. The zero-order valence-electron chi connectivity index (χ0n) is 14.9. The standard InChI is InChI=1S/C18H29N7/c19-17(22-14-15-4-8-23(9-5-15)16-2-3-16)24-10-12-25(13-11-24)18-20-6-1-7-21-18/h1,6-7,15-16H,2-5,8-14H2,(H2,19,22). The summed E-state index contributed by atoms with van der Waals surface area (Å²) >= 11 is 0. The average molecular weight is 343 g/mol. The van der Waals surface area contributed by atoms with Gasteiger partial charge in [0.2, 0.25) is 5.95 Å². The van der Waals surface area contributed by atoms with Gasteiger partial charge in [0.25, 0.3) is 0 Å². The van der Waals surface area contributed by atoms with Crippen LogP contribution in [0.4, 0.5) is 5.95 Å². The number of hydrogen-bond donors (Lipinski definition) is 1. The van der Waals surface area contributed by atoms with E-state index in [1.54, 1.807) is 12.4 Å². The monoisotopic (exact) mass is 343 g/mol. The maximum absolute atomic E-state index is 6.25. The zero-order valence-corrected chi connectivity index (χ0v) is 14.9. The first-order valence-electron chi connectivity index (χ1n) is 9.60. The second-order valence-corrected chi connectivity index (χ2v) is 7.43. The summed E-state index contributed by atoms with van der Waals surface area (Å²) in [6.07, 6.45) is 8.95. The molecule has 1 saturated carbocycles. The van der Waals surface area contributed by atoms with E-state index in [2.05, 4.69) is 24.7 Å². The topological polar surface area (TPSA) is 73.9 Å². The summed E-state index contributed by atoms with van der Waals surface area (Å²) in [6.45, 7) is 6.93. The van der Waals surface area contributed by atoms with Gasteiger partial charge in [-0.25, -0.2) is 9.97 Å². The molecule has 1 aliphatic carbocycles. The molecule has 0 bridgehead atoms. The van der Waals surface area contributed by atoms with Crippen LogP contribution in [-0.4, -0.2) is 77.6 Å². The molecule has 0 atom stereocenters. The molecule has 0 spiro atoms. The molecule has 3 fully saturated rings. The zero-order chi connectivity index (χ0) is 17.1. The third-order valence-corrected chi connectivity index (χ3v) is 5.66. The number of likely N-dealkylation sites (tertiary alicyclic amines) is 1. The fraction of sp³-hybridized carbons (Fsp3) is 0.722. The molecule has 0 amide bonds. The first-order valence-corrected chi connectivity index (χ1v) is 9.60. The second kappa shape index (κ2) is 7.56. The van der Waals surface area contributed by atoms with Gasteiger partial charge in [-0.05, 0) is 50.8 Å². The molecule has 0 radical (unpaired) electrons. The van der Waals surface area contributed by atoms with Crippen LogP contribution in [0.2, 0.25) is 0 Å². The Morgan fingerprint density at radius 1 is 1.00 bits per heavy atom. The molecule has 2 aliphatic heterocycles. The summed E-state index contributed by atoms with van der Waals surface area (Å²) in [5.74, 6) is 2.21. The van der Waals surface area contributed by atoms with Gasteiger partial charge in [0.15, 0.2) is 5.96 Å². The van der Waals surface area contributed by atoms with Crippen molar-refractivity contribution in [2.45, 2.75) is 31.7 Å². The van der Waals surface area contributed by atoms with Crippen molar-refractivity contribution >= 4 is 11.9 Å². The van der Waals surface area contributed by atoms with Crippen LogP contribution in [0.15, 0.2) is 23.5 Å². The van der Waals surface area contributed by atoms with Crippen molar-refractivity contribution in [1.29, 1.82) is 0 Å². The molecule has 0 unspecified atom stereocenters.